The van der Waals surface area contributed by atoms with Crippen molar-refractivity contribution in [1.29, 1.82) is 0 Å². The van der Waals surface area contributed by atoms with Gasteiger partial charge in [-0.25, -0.2) is 0 Å². The van der Waals surface area contributed by atoms with E-state index in [0.29, 0.717) is 12.1 Å². The van der Waals surface area contributed by atoms with E-state index in [1.807, 2.05) is 0 Å². The predicted octanol–water partition coefficient (Wildman–Crippen LogP) is 0.878. The van der Waals surface area contributed by atoms with E-state index in [1.165, 1.54) is 4.90 Å². The number of nitrogens with zero attached hydrogens (tertiary/aromatic N) is 2. The Morgan fingerprint density at radius 3 is 2.76 bits per heavy atom. The van der Waals surface area contributed by atoms with Crippen LogP contribution in [0.3, 0.4) is 0 Å². The SMILES string of the molecule is CCC1C(=O)NC(=O)CN1c1cccc(NC)c1[N+](=O)[O-]. The van der Waals surface area contributed by atoms with Crippen molar-refractivity contribution in [2.45, 2.75) is 19.4 Å². The van der Waals surface area contributed by atoms with Crippen LogP contribution < -0.4 is 15.5 Å². The zero-order valence-corrected chi connectivity index (χ0v) is 11.8. The van der Waals surface area contributed by atoms with Crippen molar-refractivity contribution in [3.05, 3.63) is 28.3 Å². The Hall–Kier alpha value is -2.64. The molecule has 0 aliphatic carbocycles. The molecule has 1 fully saturated rings. The van der Waals surface area contributed by atoms with Crippen LogP contribution in [0.25, 0.3) is 0 Å². The van der Waals surface area contributed by atoms with Crippen molar-refractivity contribution in [3.8, 4) is 0 Å². The molecule has 0 aromatic heterocycles. The molecule has 8 nitrogen and oxygen atoms in total. The van der Waals surface area contributed by atoms with E-state index in [-0.39, 0.29) is 17.9 Å². The maximum Gasteiger partial charge on any atom is 0.315 e. The lowest BCUT2D eigenvalue weighted by atomic mass is 10.1. The van der Waals surface area contributed by atoms with Gasteiger partial charge in [-0.05, 0) is 18.6 Å². The summed E-state index contributed by atoms with van der Waals surface area (Å²) in [6, 6.07) is 4.17. The van der Waals surface area contributed by atoms with Crippen LogP contribution in [0.1, 0.15) is 13.3 Å². The quantitative estimate of drug-likeness (QED) is 0.485. The maximum absolute atomic E-state index is 11.9. The summed E-state index contributed by atoms with van der Waals surface area (Å²) >= 11 is 0. The molecule has 1 aliphatic heterocycles. The van der Waals surface area contributed by atoms with Crippen LogP contribution in [-0.4, -0.2) is 36.4 Å². The first kappa shape index (κ1) is 14.8. The number of rotatable bonds is 4. The highest BCUT2D eigenvalue weighted by Gasteiger charge is 2.36. The Morgan fingerprint density at radius 1 is 1.48 bits per heavy atom. The van der Waals surface area contributed by atoms with Gasteiger partial charge in [-0.2, -0.15) is 0 Å². The van der Waals surface area contributed by atoms with Gasteiger partial charge in [-0.1, -0.05) is 13.0 Å². The molecule has 0 spiro atoms. The number of carbonyl (C=O) groups excluding carboxylic acids is 2. The molecule has 112 valence electrons. The van der Waals surface area contributed by atoms with Gasteiger partial charge in [0.1, 0.15) is 17.4 Å². The van der Waals surface area contributed by atoms with Gasteiger partial charge >= 0.3 is 5.69 Å². The van der Waals surface area contributed by atoms with Crippen molar-refractivity contribution < 1.29 is 14.5 Å². The molecule has 1 aliphatic rings. The summed E-state index contributed by atoms with van der Waals surface area (Å²) in [4.78, 5) is 35.8. The minimum absolute atomic E-state index is 0.0851. The van der Waals surface area contributed by atoms with Crippen molar-refractivity contribution >= 4 is 28.9 Å². The Kier molecular flexibility index (Phi) is 4.06. The summed E-state index contributed by atoms with van der Waals surface area (Å²) < 4.78 is 0. The highest BCUT2D eigenvalue weighted by Crippen LogP contribution is 2.37. The molecule has 0 radical (unpaired) electrons. The molecule has 8 heteroatoms. The number of benzene rings is 1. The van der Waals surface area contributed by atoms with Gasteiger partial charge in [0.15, 0.2) is 0 Å². The zero-order chi connectivity index (χ0) is 15.6. The predicted molar refractivity (Wildman–Crippen MR) is 77.2 cm³/mol. The summed E-state index contributed by atoms with van der Waals surface area (Å²) in [7, 11) is 1.58. The molecular formula is C13H16N4O4. The fourth-order valence-corrected chi connectivity index (χ4v) is 2.48. The number of anilines is 2. The lowest BCUT2D eigenvalue weighted by Crippen LogP contribution is -2.58. The van der Waals surface area contributed by atoms with E-state index in [4.69, 9.17) is 0 Å². The molecule has 1 aromatic rings. The standard InChI is InChI=1S/C13H16N4O4/c1-3-9-13(19)15-11(18)7-16(9)10-6-4-5-8(14-2)12(10)17(20)21/h4-6,9,14H,3,7H2,1-2H3,(H,15,18,19). The van der Waals surface area contributed by atoms with Crippen molar-refractivity contribution in [2.75, 3.05) is 23.8 Å². The van der Waals surface area contributed by atoms with E-state index in [9.17, 15) is 19.7 Å². The topological polar surface area (TPSA) is 105 Å². The average molecular weight is 292 g/mol. The minimum atomic E-state index is -0.603. The highest BCUT2D eigenvalue weighted by atomic mass is 16.6. The Morgan fingerprint density at radius 2 is 2.19 bits per heavy atom. The second-order valence-electron chi connectivity index (χ2n) is 4.64. The second kappa shape index (κ2) is 5.78. The minimum Gasteiger partial charge on any atom is -0.382 e. The van der Waals surface area contributed by atoms with Crippen LogP contribution in [-0.2, 0) is 9.59 Å². The number of imide groups is 1. The van der Waals surface area contributed by atoms with Gasteiger partial charge in [0.05, 0.1) is 11.5 Å². The number of carbonyl (C=O) groups is 2. The van der Waals surface area contributed by atoms with Gasteiger partial charge in [-0.15, -0.1) is 0 Å². The monoisotopic (exact) mass is 292 g/mol. The third-order valence-corrected chi connectivity index (χ3v) is 3.42. The maximum atomic E-state index is 11.9. The number of amides is 2. The molecule has 1 aromatic carbocycles. The van der Waals surface area contributed by atoms with Gasteiger partial charge in [-0.3, -0.25) is 25.0 Å². The molecule has 2 rings (SSSR count). The third-order valence-electron chi connectivity index (χ3n) is 3.42. The highest BCUT2D eigenvalue weighted by molar-refractivity contribution is 6.05. The number of nitrogens with one attached hydrogen (secondary N) is 2. The number of nitro groups is 1. The van der Waals surface area contributed by atoms with Crippen LogP contribution in [0, 0.1) is 10.1 Å². The number of nitro benzene ring substituents is 1. The lowest BCUT2D eigenvalue weighted by molar-refractivity contribution is -0.383. The second-order valence-corrected chi connectivity index (χ2v) is 4.64. The average Bonchev–Trinajstić information content (AvgIpc) is 2.45. The van der Waals surface area contributed by atoms with Gasteiger partial charge in [0, 0.05) is 7.05 Å². The molecule has 21 heavy (non-hydrogen) atoms. The molecular weight excluding hydrogens is 276 g/mol. The van der Waals surface area contributed by atoms with E-state index >= 15 is 0 Å². The largest absolute Gasteiger partial charge is 0.382 e. The fourth-order valence-electron chi connectivity index (χ4n) is 2.48. The first-order chi connectivity index (χ1) is 9.99. The molecule has 1 heterocycles. The smallest absolute Gasteiger partial charge is 0.315 e. The molecule has 0 saturated carbocycles. The molecule has 1 atom stereocenters. The summed E-state index contributed by atoms with van der Waals surface area (Å²) in [6.07, 6.45) is 0.444. The first-order valence-corrected chi connectivity index (χ1v) is 6.55. The number of piperazine rings is 1. The number of para-hydroxylation sites is 1. The van der Waals surface area contributed by atoms with E-state index in [2.05, 4.69) is 10.6 Å². The Bertz CT molecular complexity index is 602. The van der Waals surface area contributed by atoms with Gasteiger partial charge in [0.25, 0.3) is 0 Å². The molecule has 1 saturated heterocycles. The normalized spacial score (nSPS) is 18.4. The van der Waals surface area contributed by atoms with Crippen LogP contribution >= 0.6 is 0 Å². The summed E-state index contributed by atoms with van der Waals surface area (Å²) in [5, 5.41) is 16.4. The van der Waals surface area contributed by atoms with E-state index < -0.39 is 22.8 Å². The van der Waals surface area contributed by atoms with Gasteiger partial charge in [0.2, 0.25) is 11.8 Å². The summed E-state index contributed by atoms with van der Waals surface area (Å²) in [6.45, 7) is 1.71. The summed E-state index contributed by atoms with van der Waals surface area (Å²) in [5.41, 5.74) is 0.466. The van der Waals surface area contributed by atoms with Crippen molar-refractivity contribution in [2.24, 2.45) is 0 Å². The molecule has 2 amide bonds. The van der Waals surface area contributed by atoms with E-state index in [1.54, 1.807) is 32.2 Å². The lowest BCUT2D eigenvalue weighted by Gasteiger charge is -2.34. The Labute approximate surface area is 121 Å². The van der Waals surface area contributed by atoms with Crippen LogP contribution in [0.5, 0.6) is 0 Å². The number of hydrogen-bond donors (Lipinski definition) is 2. The van der Waals surface area contributed by atoms with Crippen LogP contribution in [0.4, 0.5) is 17.1 Å². The third kappa shape index (κ3) is 2.64. The van der Waals surface area contributed by atoms with E-state index in [0.717, 1.165) is 0 Å². The van der Waals surface area contributed by atoms with Crippen LogP contribution in [0.15, 0.2) is 18.2 Å². The number of hydrogen-bond acceptors (Lipinski definition) is 6. The van der Waals surface area contributed by atoms with Gasteiger partial charge < -0.3 is 10.2 Å². The molecule has 2 N–H and O–H groups in total. The molecule has 0 bridgehead atoms. The Balaban J connectivity index is 2.55. The van der Waals surface area contributed by atoms with Crippen LogP contribution in [0.2, 0.25) is 0 Å². The van der Waals surface area contributed by atoms with Crippen molar-refractivity contribution in [3.63, 3.8) is 0 Å². The summed E-state index contributed by atoms with van der Waals surface area (Å²) in [5.74, 6) is -0.897. The first-order valence-electron chi connectivity index (χ1n) is 6.55. The zero-order valence-electron chi connectivity index (χ0n) is 11.8. The fraction of sp³-hybridized carbons (Fsp3) is 0.385. The molecule has 1 unspecified atom stereocenters. The van der Waals surface area contributed by atoms with Crippen molar-refractivity contribution in [1.82, 2.24) is 5.32 Å².